The van der Waals surface area contributed by atoms with Gasteiger partial charge in [0.2, 0.25) is 0 Å². The first-order valence-corrected chi connectivity index (χ1v) is 11.7. The van der Waals surface area contributed by atoms with E-state index in [0.717, 1.165) is 25.9 Å². The number of unbranched alkanes of at least 4 members (excludes halogenated alkanes) is 9. The van der Waals surface area contributed by atoms with E-state index in [0.29, 0.717) is 52.5 Å². The molecule has 0 aromatic heterocycles. The van der Waals surface area contributed by atoms with Crippen molar-refractivity contribution in [3.8, 4) is 0 Å². The average molecular weight is 403 g/mol. The fraction of sp³-hybridized carbons (Fsp3) is 0.957. The van der Waals surface area contributed by atoms with Crippen molar-refractivity contribution in [2.45, 2.75) is 97.3 Å². The van der Waals surface area contributed by atoms with Gasteiger partial charge >= 0.3 is 5.97 Å². The number of rotatable bonds is 23. The van der Waals surface area contributed by atoms with Gasteiger partial charge in [0.15, 0.2) is 0 Å². The Labute approximate surface area is 173 Å². The quantitative estimate of drug-likeness (QED) is 0.162. The molecule has 0 spiro atoms. The lowest BCUT2D eigenvalue weighted by atomic mass is 10.1. The van der Waals surface area contributed by atoms with Crippen LogP contribution in [0.2, 0.25) is 0 Å². The SMILES string of the molecule is CCCCCCCCOC(=O)CCCOCCOCCOCCCCCCC. The zero-order valence-corrected chi connectivity index (χ0v) is 18.7. The zero-order valence-electron chi connectivity index (χ0n) is 18.7. The first-order valence-electron chi connectivity index (χ1n) is 11.7. The molecule has 0 fully saturated rings. The maximum atomic E-state index is 11.6. The molecule has 0 bridgehead atoms. The molecule has 0 aliphatic carbocycles. The maximum Gasteiger partial charge on any atom is 0.305 e. The molecule has 0 aromatic rings. The zero-order chi connectivity index (χ0) is 20.5. The summed E-state index contributed by atoms with van der Waals surface area (Å²) in [7, 11) is 0. The lowest BCUT2D eigenvalue weighted by Gasteiger charge is -2.07. The normalized spacial score (nSPS) is 11.1. The number of carbonyl (C=O) groups excluding carboxylic acids is 1. The van der Waals surface area contributed by atoms with Gasteiger partial charge in [-0.1, -0.05) is 71.6 Å². The molecule has 0 aliphatic rings. The highest BCUT2D eigenvalue weighted by Crippen LogP contribution is 2.05. The third-order valence-corrected chi connectivity index (χ3v) is 4.57. The molecule has 0 N–H and O–H groups in total. The molecule has 5 nitrogen and oxygen atoms in total. The summed E-state index contributed by atoms with van der Waals surface area (Å²) in [5, 5.41) is 0. The molecule has 0 saturated heterocycles. The van der Waals surface area contributed by atoms with Gasteiger partial charge in [-0.2, -0.15) is 0 Å². The largest absolute Gasteiger partial charge is 0.466 e. The number of carbonyl (C=O) groups is 1. The minimum atomic E-state index is -0.111. The molecule has 0 rings (SSSR count). The molecule has 0 heterocycles. The van der Waals surface area contributed by atoms with Gasteiger partial charge in [0.25, 0.3) is 0 Å². The molecule has 0 aromatic carbocycles. The van der Waals surface area contributed by atoms with Crippen LogP contribution in [-0.2, 0) is 23.7 Å². The second-order valence-electron chi connectivity index (χ2n) is 7.34. The third kappa shape index (κ3) is 23.4. The van der Waals surface area contributed by atoms with Crippen LogP contribution >= 0.6 is 0 Å². The van der Waals surface area contributed by atoms with Crippen LogP contribution in [-0.4, -0.2) is 52.2 Å². The van der Waals surface area contributed by atoms with Crippen LogP contribution in [0.5, 0.6) is 0 Å². The third-order valence-electron chi connectivity index (χ3n) is 4.57. The summed E-state index contributed by atoms with van der Waals surface area (Å²) in [6.07, 6.45) is 14.7. The molecule has 5 heteroatoms. The summed E-state index contributed by atoms with van der Waals surface area (Å²) in [4.78, 5) is 11.6. The Kier molecular flexibility index (Phi) is 23.8. The van der Waals surface area contributed by atoms with E-state index in [1.165, 1.54) is 51.4 Å². The average Bonchev–Trinajstić information content (AvgIpc) is 2.70. The standard InChI is InChI=1S/C23H46O5/c1-3-5-7-9-11-13-18-28-23(24)15-14-17-26-20-22-27-21-19-25-16-12-10-8-6-4-2/h3-22H2,1-2H3. The van der Waals surface area contributed by atoms with Gasteiger partial charge < -0.3 is 18.9 Å². The van der Waals surface area contributed by atoms with Crippen molar-refractivity contribution in [2.75, 3.05) is 46.2 Å². The van der Waals surface area contributed by atoms with Crippen molar-refractivity contribution in [1.29, 1.82) is 0 Å². The maximum absolute atomic E-state index is 11.6. The monoisotopic (exact) mass is 402 g/mol. The van der Waals surface area contributed by atoms with E-state index in [4.69, 9.17) is 18.9 Å². The predicted octanol–water partition coefficient (Wildman–Crippen LogP) is 5.69. The number of hydrogen-bond acceptors (Lipinski definition) is 5. The molecule has 168 valence electrons. The van der Waals surface area contributed by atoms with Crippen LogP contribution in [0.15, 0.2) is 0 Å². The van der Waals surface area contributed by atoms with E-state index in [-0.39, 0.29) is 5.97 Å². The summed E-state index contributed by atoms with van der Waals surface area (Å²) in [6.45, 7) is 8.80. The van der Waals surface area contributed by atoms with E-state index in [1.807, 2.05) is 0 Å². The molecule has 0 amide bonds. The van der Waals surface area contributed by atoms with Crippen molar-refractivity contribution in [1.82, 2.24) is 0 Å². The summed E-state index contributed by atoms with van der Waals surface area (Å²) in [5.41, 5.74) is 0. The van der Waals surface area contributed by atoms with E-state index in [1.54, 1.807) is 0 Å². The highest BCUT2D eigenvalue weighted by atomic mass is 16.5. The smallest absolute Gasteiger partial charge is 0.305 e. The second kappa shape index (κ2) is 24.4. The van der Waals surface area contributed by atoms with Crippen LogP contribution in [0, 0.1) is 0 Å². The van der Waals surface area contributed by atoms with Crippen LogP contribution in [0.3, 0.4) is 0 Å². The molecule has 0 radical (unpaired) electrons. The molecule has 0 aliphatic heterocycles. The van der Waals surface area contributed by atoms with Crippen LogP contribution in [0.25, 0.3) is 0 Å². The Morgan fingerprint density at radius 3 is 1.50 bits per heavy atom. The predicted molar refractivity (Wildman–Crippen MR) is 115 cm³/mol. The van der Waals surface area contributed by atoms with E-state index < -0.39 is 0 Å². The van der Waals surface area contributed by atoms with Crippen molar-refractivity contribution in [2.24, 2.45) is 0 Å². The first kappa shape index (κ1) is 27.4. The van der Waals surface area contributed by atoms with Gasteiger partial charge in [0, 0.05) is 19.6 Å². The Bertz CT molecular complexity index is 309. The Balaban J connectivity index is 3.11. The fourth-order valence-electron chi connectivity index (χ4n) is 2.81. The lowest BCUT2D eigenvalue weighted by molar-refractivity contribution is -0.144. The van der Waals surface area contributed by atoms with E-state index >= 15 is 0 Å². The minimum Gasteiger partial charge on any atom is -0.466 e. The Morgan fingerprint density at radius 2 is 0.929 bits per heavy atom. The summed E-state index contributed by atoms with van der Waals surface area (Å²) >= 11 is 0. The molecule has 0 unspecified atom stereocenters. The number of esters is 1. The van der Waals surface area contributed by atoms with Gasteiger partial charge in [0.1, 0.15) is 0 Å². The second-order valence-corrected chi connectivity index (χ2v) is 7.34. The molecule has 0 atom stereocenters. The highest BCUT2D eigenvalue weighted by Gasteiger charge is 2.02. The van der Waals surface area contributed by atoms with Crippen molar-refractivity contribution >= 4 is 5.97 Å². The van der Waals surface area contributed by atoms with Crippen molar-refractivity contribution < 1.29 is 23.7 Å². The van der Waals surface area contributed by atoms with Gasteiger partial charge in [-0.25, -0.2) is 0 Å². The molecule has 28 heavy (non-hydrogen) atoms. The van der Waals surface area contributed by atoms with Gasteiger partial charge in [-0.3, -0.25) is 4.79 Å². The summed E-state index contributed by atoms with van der Waals surface area (Å²) in [6, 6.07) is 0. The van der Waals surface area contributed by atoms with E-state index in [2.05, 4.69) is 13.8 Å². The van der Waals surface area contributed by atoms with Gasteiger partial charge in [0.05, 0.1) is 33.0 Å². The van der Waals surface area contributed by atoms with Crippen LogP contribution in [0.4, 0.5) is 0 Å². The molecular formula is C23H46O5. The minimum absolute atomic E-state index is 0.111. The lowest BCUT2D eigenvalue weighted by Crippen LogP contribution is -2.11. The fourth-order valence-corrected chi connectivity index (χ4v) is 2.81. The first-order chi connectivity index (χ1) is 13.8. The summed E-state index contributed by atoms with van der Waals surface area (Å²) < 4.78 is 21.7. The topological polar surface area (TPSA) is 54.0 Å². The Hall–Kier alpha value is -0.650. The van der Waals surface area contributed by atoms with Gasteiger partial charge in [-0.05, 0) is 19.3 Å². The Morgan fingerprint density at radius 1 is 0.500 bits per heavy atom. The highest BCUT2D eigenvalue weighted by molar-refractivity contribution is 5.69. The molecular weight excluding hydrogens is 356 g/mol. The van der Waals surface area contributed by atoms with Crippen molar-refractivity contribution in [3.05, 3.63) is 0 Å². The number of hydrogen-bond donors (Lipinski definition) is 0. The molecule has 0 saturated carbocycles. The van der Waals surface area contributed by atoms with Crippen LogP contribution < -0.4 is 0 Å². The van der Waals surface area contributed by atoms with Crippen molar-refractivity contribution in [3.63, 3.8) is 0 Å². The van der Waals surface area contributed by atoms with Gasteiger partial charge in [-0.15, -0.1) is 0 Å². The van der Waals surface area contributed by atoms with Crippen LogP contribution in [0.1, 0.15) is 97.3 Å². The summed E-state index contributed by atoms with van der Waals surface area (Å²) in [5.74, 6) is -0.111. The number of ether oxygens (including phenoxy) is 4. The van der Waals surface area contributed by atoms with E-state index in [9.17, 15) is 4.79 Å².